The lowest BCUT2D eigenvalue weighted by atomic mass is 10.1. The zero-order valence-corrected chi connectivity index (χ0v) is 16.7. The quantitative estimate of drug-likeness (QED) is 0.459. The molecule has 1 heterocycles. The molecule has 1 aromatic heterocycles. The van der Waals surface area contributed by atoms with E-state index in [2.05, 4.69) is 10.2 Å². The van der Waals surface area contributed by atoms with Crippen LogP contribution in [0.25, 0.3) is 17.3 Å². The van der Waals surface area contributed by atoms with Gasteiger partial charge in [-0.15, -0.1) is 0 Å². The van der Waals surface area contributed by atoms with Crippen molar-refractivity contribution in [3.05, 3.63) is 59.8 Å². The van der Waals surface area contributed by atoms with E-state index >= 15 is 0 Å². The number of aromatic amines is 1. The Hall–Kier alpha value is -3.74. The van der Waals surface area contributed by atoms with Crippen molar-refractivity contribution < 1.29 is 23.7 Å². The Kier molecular flexibility index (Phi) is 6.19. The summed E-state index contributed by atoms with van der Waals surface area (Å²) in [4.78, 5) is 12.5. The Bertz CT molecular complexity index is 995. The summed E-state index contributed by atoms with van der Waals surface area (Å²) in [5.41, 5.74) is 2.69. The maximum absolute atomic E-state index is 12.5. The van der Waals surface area contributed by atoms with Crippen LogP contribution in [0.4, 0.5) is 0 Å². The first-order chi connectivity index (χ1) is 14.1. The smallest absolute Gasteiger partial charge is 0.186 e. The molecule has 0 bridgehead atoms. The predicted molar refractivity (Wildman–Crippen MR) is 110 cm³/mol. The van der Waals surface area contributed by atoms with Crippen LogP contribution in [-0.4, -0.2) is 44.4 Å². The fraction of sp³-hybridized carbons (Fsp3) is 0.182. The molecule has 0 radical (unpaired) electrons. The number of rotatable bonds is 8. The highest BCUT2D eigenvalue weighted by molar-refractivity contribution is 6.07. The molecule has 0 aliphatic heterocycles. The van der Waals surface area contributed by atoms with E-state index in [1.807, 2.05) is 18.2 Å². The molecule has 0 unspecified atom stereocenters. The molecule has 3 aromatic rings. The first-order valence-electron chi connectivity index (χ1n) is 8.80. The maximum atomic E-state index is 12.5. The molecule has 7 heteroatoms. The van der Waals surface area contributed by atoms with E-state index in [4.69, 9.17) is 18.9 Å². The highest BCUT2D eigenvalue weighted by Crippen LogP contribution is 2.29. The third-order valence-electron chi connectivity index (χ3n) is 4.30. The molecule has 0 amide bonds. The summed E-state index contributed by atoms with van der Waals surface area (Å²) in [5.74, 6) is 2.26. The van der Waals surface area contributed by atoms with E-state index in [9.17, 15) is 4.79 Å². The largest absolute Gasteiger partial charge is 0.497 e. The van der Waals surface area contributed by atoms with Crippen LogP contribution in [0, 0.1) is 0 Å². The Balaban J connectivity index is 1.81. The summed E-state index contributed by atoms with van der Waals surface area (Å²) in [6, 6.07) is 12.4. The molecule has 2 aromatic carbocycles. The van der Waals surface area contributed by atoms with Crippen molar-refractivity contribution in [2.75, 3.05) is 28.4 Å². The number of hydrogen-bond donors (Lipinski definition) is 1. The van der Waals surface area contributed by atoms with Gasteiger partial charge in [-0.3, -0.25) is 9.89 Å². The Morgan fingerprint density at radius 2 is 1.31 bits per heavy atom. The van der Waals surface area contributed by atoms with Crippen molar-refractivity contribution >= 4 is 11.9 Å². The van der Waals surface area contributed by atoms with Gasteiger partial charge in [-0.05, 0) is 42.5 Å². The highest BCUT2D eigenvalue weighted by Gasteiger charge is 2.09. The second kappa shape index (κ2) is 8.97. The number of ketones is 1. The van der Waals surface area contributed by atoms with Crippen molar-refractivity contribution in [2.24, 2.45) is 0 Å². The minimum atomic E-state index is -0.179. The van der Waals surface area contributed by atoms with Crippen molar-refractivity contribution in [1.82, 2.24) is 10.2 Å². The summed E-state index contributed by atoms with van der Waals surface area (Å²) in [7, 11) is 6.27. The first kappa shape index (κ1) is 20.0. The van der Waals surface area contributed by atoms with Gasteiger partial charge < -0.3 is 18.9 Å². The van der Waals surface area contributed by atoms with Crippen molar-refractivity contribution in [1.29, 1.82) is 0 Å². The lowest BCUT2D eigenvalue weighted by molar-refractivity contribution is 0.104. The highest BCUT2D eigenvalue weighted by atomic mass is 16.5. The topological polar surface area (TPSA) is 82.7 Å². The number of hydrogen-bond acceptors (Lipinski definition) is 6. The van der Waals surface area contributed by atoms with E-state index < -0.39 is 0 Å². The second-order valence-corrected chi connectivity index (χ2v) is 6.11. The van der Waals surface area contributed by atoms with Crippen LogP contribution in [-0.2, 0) is 0 Å². The average molecular weight is 394 g/mol. The van der Waals surface area contributed by atoms with Gasteiger partial charge in [0.05, 0.1) is 39.8 Å². The summed E-state index contributed by atoms with van der Waals surface area (Å²) >= 11 is 0. The zero-order chi connectivity index (χ0) is 20.8. The van der Waals surface area contributed by atoms with Crippen LogP contribution in [0.1, 0.15) is 16.1 Å². The number of aromatic nitrogens is 2. The van der Waals surface area contributed by atoms with Gasteiger partial charge in [0.15, 0.2) is 5.78 Å². The molecule has 7 nitrogen and oxygen atoms in total. The molecule has 29 heavy (non-hydrogen) atoms. The first-order valence-corrected chi connectivity index (χ1v) is 8.80. The lowest BCUT2D eigenvalue weighted by Gasteiger charge is -2.06. The van der Waals surface area contributed by atoms with E-state index in [1.54, 1.807) is 58.8 Å². The van der Waals surface area contributed by atoms with Crippen molar-refractivity contribution in [3.63, 3.8) is 0 Å². The van der Waals surface area contributed by atoms with E-state index in [-0.39, 0.29) is 5.78 Å². The van der Waals surface area contributed by atoms with Crippen LogP contribution in [0.3, 0.4) is 0 Å². The molecule has 150 valence electrons. The number of nitrogens with zero attached hydrogens (tertiary/aromatic N) is 1. The van der Waals surface area contributed by atoms with Gasteiger partial charge in [0.2, 0.25) is 0 Å². The van der Waals surface area contributed by atoms with Gasteiger partial charge in [0.25, 0.3) is 0 Å². The standard InChI is InChI=1S/C22H22N2O5/c1-26-17-7-14(8-18(12-17)27-2)21-11-16(23-24-21)5-6-22(25)15-9-19(28-3)13-20(10-15)29-4/h5-13H,1-4H3,(H,23,24). The number of allylic oxidation sites excluding steroid dienone is 1. The molecule has 3 rings (SSSR count). The fourth-order valence-electron chi connectivity index (χ4n) is 2.74. The van der Waals surface area contributed by atoms with Gasteiger partial charge in [-0.25, -0.2) is 0 Å². The molecule has 0 saturated heterocycles. The number of carbonyl (C=O) groups excluding carboxylic acids is 1. The van der Waals surface area contributed by atoms with Crippen LogP contribution in [0.5, 0.6) is 23.0 Å². The zero-order valence-electron chi connectivity index (χ0n) is 16.7. The van der Waals surface area contributed by atoms with E-state index in [0.717, 1.165) is 5.56 Å². The number of methoxy groups -OCH3 is 4. The van der Waals surface area contributed by atoms with Crippen molar-refractivity contribution in [2.45, 2.75) is 0 Å². The molecule has 0 atom stereocenters. The molecule has 1 N–H and O–H groups in total. The molecule has 0 aliphatic carbocycles. The number of ether oxygens (including phenoxy) is 4. The monoisotopic (exact) mass is 394 g/mol. The van der Waals surface area contributed by atoms with E-state index in [0.29, 0.717) is 39.9 Å². The SMILES string of the molecule is COc1cc(OC)cc(C(=O)C=Cc2cc(-c3cc(OC)cc(OC)c3)n[nH]2)c1. The number of carbonyl (C=O) groups is 1. The molecule has 0 fully saturated rings. The minimum Gasteiger partial charge on any atom is -0.497 e. The Morgan fingerprint density at radius 3 is 1.83 bits per heavy atom. The normalized spacial score (nSPS) is 10.8. The number of benzene rings is 2. The lowest BCUT2D eigenvalue weighted by Crippen LogP contribution is -1.97. The summed E-state index contributed by atoms with van der Waals surface area (Å²) in [5, 5.41) is 7.22. The summed E-state index contributed by atoms with van der Waals surface area (Å²) < 4.78 is 21.0. The van der Waals surface area contributed by atoms with Gasteiger partial charge in [-0.1, -0.05) is 0 Å². The van der Waals surface area contributed by atoms with Gasteiger partial charge >= 0.3 is 0 Å². The van der Waals surface area contributed by atoms with Crippen LogP contribution >= 0.6 is 0 Å². The fourth-order valence-corrected chi connectivity index (χ4v) is 2.74. The Morgan fingerprint density at radius 1 is 0.793 bits per heavy atom. The van der Waals surface area contributed by atoms with Crippen LogP contribution in [0.15, 0.2) is 48.5 Å². The van der Waals surface area contributed by atoms with Crippen molar-refractivity contribution in [3.8, 4) is 34.3 Å². The van der Waals surface area contributed by atoms with Gasteiger partial charge in [0.1, 0.15) is 23.0 Å². The summed E-state index contributed by atoms with van der Waals surface area (Å²) in [6.07, 6.45) is 3.14. The summed E-state index contributed by atoms with van der Waals surface area (Å²) in [6.45, 7) is 0. The third kappa shape index (κ3) is 4.76. The van der Waals surface area contributed by atoms with Gasteiger partial charge in [0, 0.05) is 23.3 Å². The predicted octanol–water partition coefficient (Wildman–Crippen LogP) is 4.01. The minimum absolute atomic E-state index is 0.179. The van der Waals surface area contributed by atoms with Gasteiger partial charge in [-0.2, -0.15) is 5.10 Å². The van der Waals surface area contributed by atoms with Crippen LogP contribution in [0.2, 0.25) is 0 Å². The molecule has 0 aliphatic rings. The number of H-pyrrole nitrogens is 1. The molecule has 0 spiro atoms. The number of nitrogens with one attached hydrogen (secondary N) is 1. The molecular formula is C22H22N2O5. The molecular weight excluding hydrogens is 372 g/mol. The molecule has 0 saturated carbocycles. The Labute approximate surface area is 168 Å². The van der Waals surface area contributed by atoms with Crippen LogP contribution < -0.4 is 18.9 Å². The maximum Gasteiger partial charge on any atom is 0.186 e. The van der Waals surface area contributed by atoms with E-state index in [1.165, 1.54) is 6.08 Å². The average Bonchev–Trinajstić information content (AvgIpc) is 3.25. The third-order valence-corrected chi connectivity index (χ3v) is 4.30. The second-order valence-electron chi connectivity index (χ2n) is 6.11.